The van der Waals surface area contributed by atoms with Gasteiger partial charge in [-0.1, -0.05) is 60.7 Å². The monoisotopic (exact) mass is 764 g/mol. The van der Waals surface area contributed by atoms with E-state index < -0.39 is 0 Å². The van der Waals surface area contributed by atoms with E-state index >= 15 is 0 Å². The SMILES string of the molecule is CCn1nc(-c2ccccc2)c(C(C)=O)c(Nc2ccc3cn[nH]c3c2)c1=O.CCn1nc(-c2ccccc2)c(C(C)=O)c(Nc2ncnc3sccc23)c1=O. The largest absolute Gasteiger partial charge is 0.350 e. The first-order chi connectivity index (χ1) is 27.2. The van der Waals surface area contributed by atoms with Crippen LogP contribution in [-0.4, -0.2) is 51.3 Å². The maximum Gasteiger partial charge on any atom is 0.291 e. The molecule has 3 N–H and O–H groups in total. The molecule has 0 fully saturated rings. The van der Waals surface area contributed by atoms with Crippen molar-refractivity contribution in [3.8, 4) is 22.5 Å². The zero-order chi connectivity index (χ0) is 39.3. The van der Waals surface area contributed by atoms with Crippen LogP contribution in [-0.2, 0) is 13.1 Å². The third kappa shape index (κ3) is 7.35. The normalized spacial score (nSPS) is 10.9. The molecular weight excluding hydrogens is 729 g/mol. The van der Waals surface area contributed by atoms with E-state index in [9.17, 15) is 19.2 Å². The number of Topliss-reactive ketones (excluding diaryl/α,β-unsaturated/α-hetero) is 2. The minimum atomic E-state index is -0.366. The molecule has 0 saturated carbocycles. The van der Waals surface area contributed by atoms with Gasteiger partial charge in [-0.25, -0.2) is 19.3 Å². The highest BCUT2D eigenvalue weighted by molar-refractivity contribution is 7.16. The van der Waals surface area contributed by atoms with Gasteiger partial charge in [-0.2, -0.15) is 15.3 Å². The molecule has 5 heterocycles. The summed E-state index contributed by atoms with van der Waals surface area (Å²) in [5.41, 5.74) is 4.25. The van der Waals surface area contributed by atoms with Gasteiger partial charge in [0.1, 0.15) is 39.7 Å². The summed E-state index contributed by atoms with van der Waals surface area (Å²) in [5.74, 6) is 0.0142. The van der Waals surface area contributed by atoms with Crippen LogP contribution in [0.5, 0.6) is 0 Å². The number of aromatic nitrogens is 8. The molecule has 0 unspecified atom stereocenters. The molecule has 280 valence electrons. The summed E-state index contributed by atoms with van der Waals surface area (Å²) in [4.78, 5) is 60.4. The Morgan fingerprint density at radius 1 is 0.732 bits per heavy atom. The van der Waals surface area contributed by atoms with E-state index in [2.05, 4.69) is 41.0 Å². The summed E-state index contributed by atoms with van der Waals surface area (Å²) in [6.45, 7) is 7.33. The van der Waals surface area contributed by atoms with Gasteiger partial charge in [0.05, 0.1) is 28.2 Å². The van der Waals surface area contributed by atoms with E-state index in [0.717, 1.165) is 32.2 Å². The van der Waals surface area contributed by atoms with Gasteiger partial charge in [0, 0.05) is 35.3 Å². The van der Waals surface area contributed by atoms with Crippen molar-refractivity contribution in [2.24, 2.45) is 0 Å². The number of nitrogens with zero attached hydrogens (tertiary/aromatic N) is 7. The Hall–Kier alpha value is -7.13. The van der Waals surface area contributed by atoms with Gasteiger partial charge in [-0.05, 0) is 57.3 Å². The number of rotatable bonds is 10. The average Bonchev–Trinajstić information content (AvgIpc) is 3.90. The summed E-state index contributed by atoms with van der Waals surface area (Å²) in [6.07, 6.45) is 3.16. The van der Waals surface area contributed by atoms with E-state index in [1.165, 1.54) is 40.9 Å². The third-order valence-electron chi connectivity index (χ3n) is 8.93. The van der Waals surface area contributed by atoms with Crippen LogP contribution in [0.3, 0.4) is 0 Å². The van der Waals surface area contributed by atoms with Crippen LogP contribution in [0.15, 0.2) is 112 Å². The lowest BCUT2D eigenvalue weighted by Crippen LogP contribution is -2.28. The van der Waals surface area contributed by atoms with Gasteiger partial charge in [0.25, 0.3) is 11.1 Å². The van der Waals surface area contributed by atoms with E-state index in [4.69, 9.17) is 0 Å². The first-order valence-electron chi connectivity index (χ1n) is 17.8. The van der Waals surface area contributed by atoms with Gasteiger partial charge in [-0.15, -0.1) is 11.3 Å². The molecule has 0 aliphatic rings. The molecule has 0 saturated heterocycles. The lowest BCUT2D eigenvalue weighted by atomic mass is 10.0. The second-order valence-electron chi connectivity index (χ2n) is 12.6. The van der Waals surface area contributed by atoms with Crippen molar-refractivity contribution in [1.82, 2.24) is 39.7 Å². The number of carbonyl (C=O) groups excluding carboxylic acids is 2. The molecule has 56 heavy (non-hydrogen) atoms. The molecule has 0 radical (unpaired) electrons. The number of thiophene rings is 1. The molecule has 5 aromatic heterocycles. The first-order valence-corrected chi connectivity index (χ1v) is 18.6. The van der Waals surface area contributed by atoms with Crippen LogP contribution < -0.4 is 21.8 Å². The van der Waals surface area contributed by atoms with Crippen molar-refractivity contribution in [1.29, 1.82) is 0 Å². The summed E-state index contributed by atoms with van der Waals surface area (Å²) >= 11 is 1.48. The first kappa shape index (κ1) is 37.2. The van der Waals surface area contributed by atoms with Gasteiger partial charge in [-0.3, -0.25) is 24.3 Å². The smallest absolute Gasteiger partial charge is 0.291 e. The van der Waals surface area contributed by atoms with Crippen LogP contribution in [0.1, 0.15) is 48.4 Å². The summed E-state index contributed by atoms with van der Waals surface area (Å²) in [5, 5.41) is 25.7. The zero-order valence-corrected chi connectivity index (χ0v) is 31.7. The summed E-state index contributed by atoms with van der Waals surface area (Å²) < 4.78 is 2.72. The van der Waals surface area contributed by atoms with E-state index in [0.29, 0.717) is 36.0 Å². The van der Waals surface area contributed by atoms with Crippen molar-refractivity contribution in [2.45, 2.75) is 40.8 Å². The van der Waals surface area contributed by atoms with Crippen molar-refractivity contribution in [3.05, 3.63) is 135 Å². The second kappa shape index (κ2) is 16.1. The number of anilines is 4. The molecule has 15 heteroatoms. The number of aromatic amines is 1. The Balaban J connectivity index is 0.000000172. The van der Waals surface area contributed by atoms with Crippen LogP contribution in [0.4, 0.5) is 22.9 Å². The van der Waals surface area contributed by atoms with Crippen molar-refractivity contribution in [3.63, 3.8) is 0 Å². The second-order valence-corrected chi connectivity index (χ2v) is 13.5. The molecule has 8 aromatic rings. The number of hydrogen-bond donors (Lipinski definition) is 3. The van der Waals surface area contributed by atoms with Crippen LogP contribution in [0.25, 0.3) is 43.6 Å². The molecular formula is C41H36N10O4S. The minimum absolute atomic E-state index is 0.175. The summed E-state index contributed by atoms with van der Waals surface area (Å²) in [6, 6.07) is 26.2. The third-order valence-corrected chi connectivity index (χ3v) is 9.75. The quantitative estimate of drug-likeness (QED) is 0.116. The lowest BCUT2D eigenvalue weighted by Gasteiger charge is -2.16. The molecule has 0 spiro atoms. The fourth-order valence-electron chi connectivity index (χ4n) is 6.25. The number of nitrogens with one attached hydrogen (secondary N) is 3. The maximum atomic E-state index is 13.0. The van der Waals surface area contributed by atoms with E-state index in [1.807, 2.05) is 104 Å². The summed E-state index contributed by atoms with van der Waals surface area (Å²) in [7, 11) is 0. The molecule has 14 nitrogen and oxygen atoms in total. The molecule has 3 aromatic carbocycles. The highest BCUT2D eigenvalue weighted by Gasteiger charge is 2.24. The van der Waals surface area contributed by atoms with Crippen LogP contribution in [0, 0.1) is 0 Å². The molecule has 0 bridgehead atoms. The van der Waals surface area contributed by atoms with Crippen LogP contribution in [0.2, 0.25) is 0 Å². The van der Waals surface area contributed by atoms with Gasteiger partial charge in [0.15, 0.2) is 11.6 Å². The van der Waals surface area contributed by atoms with Crippen molar-refractivity contribution in [2.75, 3.05) is 10.6 Å². The van der Waals surface area contributed by atoms with E-state index in [-0.39, 0.29) is 45.2 Å². The zero-order valence-electron chi connectivity index (χ0n) is 30.9. The maximum absolute atomic E-state index is 13.0. The minimum Gasteiger partial charge on any atom is -0.350 e. The average molecular weight is 765 g/mol. The number of H-pyrrole nitrogens is 1. The Kier molecular flexibility index (Phi) is 10.7. The number of ketones is 2. The van der Waals surface area contributed by atoms with Crippen LogP contribution >= 0.6 is 11.3 Å². The van der Waals surface area contributed by atoms with Gasteiger partial charge < -0.3 is 10.6 Å². The number of carbonyl (C=O) groups is 2. The Bertz CT molecular complexity index is 2850. The van der Waals surface area contributed by atoms with Gasteiger partial charge >= 0.3 is 0 Å². The molecule has 0 aliphatic heterocycles. The predicted molar refractivity (Wildman–Crippen MR) is 219 cm³/mol. The fourth-order valence-corrected chi connectivity index (χ4v) is 6.98. The predicted octanol–water partition coefficient (Wildman–Crippen LogP) is 7.63. The Morgan fingerprint density at radius 2 is 1.30 bits per heavy atom. The lowest BCUT2D eigenvalue weighted by molar-refractivity contribution is 0.101. The van der Waals surface area contributed by atoms with Crippen molar-refractivity contribution >= 4 is 66.9 Å². The van der Waals surface area contributed by atoms with Gasteiger partial charge in [0.2, 0.25) is 0 Å². The fraction of sp³-hybridized carbons (Fsp3) is 0.146. The van der Waals surface area contributed by atoms with E-state index in [1.54, 1.807) is 6.20 Å². The van der Waals surface area contributed by atoms with Crippen molar-refractivity contribution < 1.29 is 9.59 Å². The number of hydrogen-bond acceptors (Lipinski definition) is 12. The highest BCUT2D eigenvalue weighted by Crippen LogP contribution is 2.31. The number of benzene rings is 3. The number of aryl methyl sites for hydroxylation is 2. The number of fused-ring (bicyclic) bond motifs is 2. The molecule has 0 amide bonds. The standard InChI is InChI=1S/C21H19N5O2.C20H17N5O2S/c1-3-26-21(28)20(23-16-10-9-15-12-22-24-17(15)11-16)18(13(2)27)19(25-26)14-7-5-4-6-8-14;1-3-25-20(27)17(23-18-14-9-10-28-19(14)22-11-21-18)15(12(2)26)16(24-25)13-7-5-4-6-8-13/h4-12,23H,3H2,1-2H3,(H,22,24);4-11H,3H2,1-2H3,(H,21,22,23). The Morgan fingerprint density at radius 3 is 1.86 bits per heavy atom. The highest BCUT2D eigenvalue weighted by atomic mass is 32.1. The molecule has 0 aliphatic carbocycles. The molecule has 8 rings (SSSR count). The topological polar surface area (TPSA) is 182 Å². The Labute approximate surface area is 323 Å². The molecule has 0 atom stereocenters.